The van der Waals surface area contributed by atoms with Crippen molar-refractivity contribution >= 4 is 39.3 Å². The van der Waals surface area contributed by atoms with Gasteiger partial charge < -0.3 is 5.32 Å². The molecule has 0 bridgehead atoms. The molecule has 2 rings (SSSR count). The number of nitrogens with zero attached hydrogens (tertiary/aromatic N) is 1. The number of aromatic nitrogens is 1. The van der Waals surface area contributed by atoms with Gasteiger partial charge in [-0.25, -0.2) is 4.98 Å². The van der Waals surface area contributed by atoms with Gasteiger partial charge in [-0.3, -0.25) is 4.79 Å². The van der Waals surface area contributed by atoms with Crippen LogP contribution in [-0.2, 0) is 0 Å². The Morgan fingerprint density at radius 3 is 2.47 bits per heavy atom. The number of amides is 1. The van der Waals surface area contributed by atoms with Crippen molar-refractivity contribution in [1.82, 2.24) is 4.98 Å². The van der Waals surface area contributed by atoms with Crippen LogP contribution in [0.3, 0.4) is 0 Å². The Bertz CT molecular complexity index is 525. The first-order valence-electron chi connectivity index (χ1n) is 4.83. The first-order chi connectivity index (χ1) is 8.15. The number of halogens is 2. The van der Waals surface area contributed by atoms with Gasteiger partial charge in [-0.2, -0.15) is 0 Å². The van der Waals surface area contributed by atoms with Crippen molar-refractivity contribution in [3.63, 3.8) is 0 Å². The number of pyridine rings is 1. The maximum Gasteiger partial charge on any atom is 0.256 e. The molecule has 1 N–H and O–H groups in total. The summed E-state index contributed by atoms with van der Waals surface area (Å²) in [7, 11) is 0. The molecule has 1 aromatic carbocycles. The normalized spacial score (nSPS) is 10.0. The Labute approximate surface area is 112 Å². The van der Waals surface area contributed by atoms with E-state index in [-0.39, 0.29) is 5.91 Å². The fourth-order valence-corrected chi connectivity index (χ4v) is 1.60. The number of benzene rings is 1. The minimum Gasteiger partial charge on any atom is -0.307 e. The van der Waals surface area contributed by atoms with E-state index < -0.39 is 0 Å². The lowest BCUT2D eigenvalue weighted by atomic mass is 10.2. The van der Waals surface area contributed by atoms with Gasteiger partial charge in [0.15, 0.2) is 0 Å². The second kappa shape index (κ2) is 5.29. The first kappa shape index (κ1) is 12.1. The van der Waals surface area contributed by atoms with Gasteiger partial charge in [-0.15, -0.1) is 0 Å². The number of rotatable bonds is 2. The van der Waals surface area contributed by atoms with Gasteiger partial charge in [-0.05, 0) is 52.3 Å². The molecular weight excluding hydrogens is 304 g/mol. The molecule has 2 aromatic rings. The lowest BCUT2D eigenvalue weighted by molar-refractivity contribution is 0.102. The first-order valence-corrected chi connectivity index (χ1v) is 6.01. The number of anilines is 1. The Morgan fingerprint density at radius 1 is 1.18 bits per heavy atom. The summed E-state index contributed by atoms with van der Waals surface area (Å²) in [6.07, 6.45) is 1.62. The minimum atomic E-state index is -0.212. The number of carbonyl (C=O) groups is 1. The van der Waals surface area contributed by atoms with Gasteiger partial charge in [0.2, 0.25) is 0 Å². The summed E-state index contributed by atoms with van der Waals surface area (Å²) in [5.41, 5.74) is 0.541. The van der Waals surface area contributed by atoms with Crippen LogP contribution in [0.2, 0.25) is 5.02 Å². The van der Waals surface area contributed by atoms with Crippen LogP contribution in [0.25, 0.3) is 0 Å². The van der Waals surface area contributed by atoms with E-state index in [2.05, 4.69) is 26.2 Å². The van der Waals surface area contributed by atoms with Crippen molar-refractivity contribution in [2.24, 2.45) is 0 Å². The third kappa shape index (κ3) is 3.28. The van der Waals surface area contributed by atoms with E-state index in [0.29, 0.717) is 16.4 Å². The Hall–Kier alpha value is -1.39. The van der Waals surface area contributed by atoms with Crippen LogP contribution in [0.5, 0.6) is 0 Å². The van der Waals surface area contributed by atoms with Crippen molar-refractivity contribution in [1.29, 1.82) is 0 Å². The largest absolute Gasteiger partial charge is 0.307 e. The predicted octanol–water partition coefficient (Wildman–Crippen LogP) is 3.75. The number of nitrogens with one attached hydrogen (secondary N) is 1. The molecule has 0 aliphatic heterocycles. The molecule has 0 radical (unpaired) electrons. The van der Waals surface area contributed by atoms with Crippen LogP contribution < -0.4 is 5.32 Å². The standard InChI is InChI=1S/C12H8BrClN2O/c13-9-3-6-11(15-7-9)16-12(17)8-1-4-10(14)5-2-8/h1-7H,(H,15,16,17). The van der Waals surface area contributed by atoms with E-state index in [1.54, 1.807) is 36.5 Å². The Balaban J connectivity index is 2.11. The van der Waals surface area contributed by atoms with Gasteiger partial charge in [-0.1, -0.05) is 11.6 Å². The Kier molecular flexibility index (Phi) is 3.76. The van der Waals surface area contributed by atoms with Crippen molar-refractivity contribution in [3.8, 4) is 0 Å². The highest BCUT2D eigenvalue weighted by atomic mass is 79.9. The smallest absolute Gasteiger partial charge is 0.256 e. The van der Waals surface area contributed by atoms with Crippen LogP contribution in [0, 0.1) is 0 Å². The monoisotopic (exact) mass is 310 g/mol. The fourth-order valence-electron chi connectivity index (χ4n) is 1.24. The van der Waals surface area contributed by atoms with Crippen molar-refractivity contribution in [2.75, 3.05) is 5.32 Å². The molecule has 0 fully saturated rings. The molecule has 0 aliphatic carbocycles. The highest BCUT2D eigenvalue weighted by molar-refractivity contribution is 9.10. The zero-order valence-corrected chi connectivity index (χ0v) is 11.0. The van der Waals surface area contributed by atoms with Crippen LogP contribution >= 0.6 is 27.5 Å². The molecular formula is C12H8BrClN2O. The van der Waals surface area contributed by atoms with E-state index in [1.165, 1.54) is 0 Å². The summed E-state index contributed by atoms with van der Waals surface area (Å²) in [4.78, 5) is 15.9. The molecule has 0 spiro atoms. The van der Waals surface area contributed by atoms with Gasteiger partial charge in [0.1, 0.15) is 5.82 Å². The molecule has 0 saturated heterocycles. The van der Waals surface area contributed by atoms with Crippen LogP contribution in [0.1, 0.15) is 10.4 Å². The summed E-state index contributed by atoms with van der Waals surface area (Å²) >= 11 is 9.02. The average Bonchev–Trinajstić information content (AvgIpc) is 2.33. The van der Waals surface area contributed by atoms with Gasteiger partial charge in [0.05, 0.1) is 0 Å². The summed E-state index contributed by atoms with van der Waals surface area (Å²) in [6, 6.07) is 10.2. The van der Waals surface area contributed by atoms with Crippen LogP contribution in [0.15, 0.2) is 47.1 Å². The highest BCUT2D eigenvalue weighted by Gasteiger charge is 2.06. The molecule has 1 aromatic heterocycles. The molecule has 86 valence electrons. The zero-order chi connectivity index (χ0) is 12.3. The van der Waals surface area contributed by atoms with E-state index in [0.717, 1.165) is 4.47 Å². The second-order valence-corrected chi connectivity index (χ2v) is 4.67. The van der Waals surface area contributed by atoms with Crippen molar-refractivity contribution < 1.29 is 4.79 Å². The van der Waals surface area contributed by atoms with Crippen LogP contribution in [-0.4, -0.2) is 10.9 Å². The van der Waals surface area contributed by atoms with Gasteiger partial charge >= 0.3 is 0 Å². The maximum absolute atomic E-state index is 11.8. The average molecular weight is 312 g/mol. The topological polar surface area (TPSA) is 42.0 Å². The minimum absolute atomic E-state index is 0.212. The van der Waals surface area contributed by atoms with E-state index in [9.17, 15) is 4.79 Å². The van der Waals surface area contributed by atoms with Crippen LogP contribution in [0.4, 0.5) is 5.82 Å². The zero-order valence-electron chi connectivity index (χ0n) is 8.65. The fraction of sp³-hybridized carbons (Fsp3) is 0. The maximum atomic E-state index is 11.8. The van der Waals surface area contributed by atoms with E-state index in [1.807, 2.05) is 6.07 Å². The van der Waals surface area contributed by atoms with Crippen molar-refractivity contribution in [3.05, 3.63) is 57.7 Å². The predicted molar refractivity (Wildman–Crippen MR) is 71.3 cm³/mol. The molecule has 3 nitrogen and oxygen atoms in total. The highest BCUT2D eigenvalue weighted by Crippen LogP contribution is 2.13. The van der Waals surface area contributed by atoms with E-state index >= 15 is 0 Å². The molecule has 0 saturated carbocycles. The second-order valence-electron chi connectivity index (χ2n) is 3.32. The summed E-state index contributed by atoms with van der Waals surface area (Å²) < 4.78 is 0.863. The quantitative estimate of drug-likeness (QED) is 0.918. The SMILES string of the molecule is O=C(Nc1ccc(Br)cn1)c1ccc(Cl)cc1. The number of carbonyl (C=O) groups excluding carboxylic acids is 1. The molecule has 1 amide bonds. The molecule has 0 aliphatic rings. The van der Waals surface area contributed by atoms with Gasteiger partial charge in [0, 0.05) is 21.3 Å². The molecule has 17 heavy (non-hydrogen) atoms. The molecule has 1 heterocycles. The number of hydrogen-bond donors (Lipinski definition) is 1. The lowest BCUT2D eigenvalue weighted by Gasteiger charge is -2.04. The lowest BCUT2D eigenvalue weighted by Crippen LogP contribution is -2.12. The third-order valence-corrected chi connectivity index (χ3v) is 2.80. The molecule has 0 unspecified atom stereocenters. The summed E-state index contributed by atoms with van der Waals surface area (Å²) in [6.45, 7) is 0. The number of hydrogen-bond acceptors (Lipinski definition) is 2. The Morgan fingerprint density at radius 2 is 1.88 bits per heavy atom. The molecule has 5 heteroatoms. The molecule has 0 atom stereocenters. The summed E-state index contributed by atoms with van der Waals surface area (Å²) in [5, 5.41) is 3.29. The summed E-state index contributed by atoms with van der Waals surface area (Å²) in [5.74, 6) is 0.296. The van der Waals surface area contributed by atoms with Gasteiger partial charge in [0.25, 0.3) is 5.91 Å². The van der Waals surface area contributed by atoms with E-state index in [4.69, 9.17) is 11.6 Å². The third-order valence-electron chi connectivity index (χ3n) is 2.08. The van der Waals surface area contributed by atoms with Crippen molar-refractivity contribution in [2.45, 2.75) is 0 Å².